The lowest BCUT2D eigenvalue weighted by molar-refractivity contribution is 0.982. The Morgan fingerprint density at radius 3 is 2.73 bits per heavy atom. The number of pyridine rings is 1. The average molecular weight is 286 g/mol. The van der Waals surface area contributed by atoms with Crippen molar-refractivity contribution in [1.82, 2.24) is 4.98 Å². The predicted molar refractivity (Wildman–Crippen MR) is 70.8 cm³/mol. The minimum Gasteiger partial charge on any atom is -0.369 e. The molecule has 0 spiro atoms. The Hall–Kier alpha value is 0.170. The molecule has 84 valence electrons. The molecule has 0 aliphatic heterocycles. The molecule has 0 radical (unpaired) electrons. The fraction of sp³-hybridized carbons (Fsp3) is 0.444. The quantitative estimate of drug-likeness (QED) is 0.648. The van der Waals surface area contributed by atoms with Crippen molar-refractivity contribution >= 4 is 52.4 Å². The summed E-state index contributed by atoms with van der Waals surface area (Å²) in [7, 11) is 0. The number of nitrogens with one attached hydrogen (secondary N) is 1. The maximum Gasteiger partial charge on any atom is 0.150 e. The highest BCUT2D eigenvalue weighted by atomic mass is 35.5. The number of nitrogens with zero attached hydrogens (tertiary/aromatic N) is 1. The first-order chi connectivity index (χ1) is 7.15. The van der Waals surface area contributed by atoms with Crippen LogP contribution < -0.4 is 5.32 Å². The Balaban J connectivity index is 2.57. The second kappa shape index (κ2) is 6.69. The topological polar surface area (TPSA) is 24.9 Å². The molecule has 1 rings (SSSR count). The van der Waals surface area contributed by atoms with E-state index >= 15 is 0 Å². The highest BCUT2D eigenvalue weighted by Gasteiger charge is 2.06. The van der Waals surface area contributed by atoms with E-state index in [1.165, 1.54) is 0 Å². The molecule has 0 aliphatic carbocycles. The van der Waals surface area contributed by atoms with Crippen LogP contribution in [0.2, 0.25) is 15.2 Å². The summed E-state index contributed by atoms with van der Waals surface area (Å²) in [6.45, 7) is 0.825. The third-order valence-electron chi connectivity index (χ3n) is 1.70. The Labute approximate surface area is 109 Å². The van der Waals surface area contributed by atoms with E-state index in [0.29, 0.717) is 15.9 Å². The number of rotatable bonds is 5. The average Bonchev–Trinajstić information content (AvgIpc) is 2.20. The number of thioether (sulfide) groups is 1. The summed E-state index contributed by atoms with van der Waals surface area (Å²) in [6.07, 6.45) is 3.13. The Morgan fingerprint density at radius 2 is 2.07 bits per heavy atom. The van der Waals surface area contributed by atoms with Gasteiger partial charge in [-0.2, -0.15) is 11.8 Å². The van der Waals surface area contributed by atoms with Gasteiger partial charge in [0.05, 0.1) is 10.0 Å². The number of aromatic nitrogens is 1. The molecule has 0 unspecified atom stereocenters. The van der Waals surface area contributed by atoms with E-state index in [9.17, 15) is 0 Å². The normalized spacial score (nSPS) is 10.4. The van der Waals surface area contributed by atoms with Gasteiger partial charge in [0.15, 0.2) is 0 Å². The molecule has 15 heavy (non-hydrogen) atoms. The Kier molecular flexibility index (Phi) is 5.90. The van der Waals surface area contributed by atoms with Gasteiger partial charge in [0.2, 0.25) is 0 Å². The molecule has 0 atom stereocenters. The van der Waals surface area contributed by atoms with Gasteiger partial charge in [0.1, 0.15) is 11.0 Å². The van der Waals surface area contributed by atoms with Gasteiger partial charge < -0.3 is 5.32 Å². The predicted octanol–water partition coefficient (Wildman–Crippen LogP) is 4.21. The van der Waals surface area contributed by atoms with Gasteiger partial charge in [-0.1, -0.05) is 34.8 Å². The van der Waals surface area contributed by atoms with Crippen LogP contribution in [0, 0.1) is 0 Å². The summed E-state index contributed by atoms with van der Waals surface area (Å²) in [6, 6.07) is 1.59. The minimum atomic E-state index is 0.272. The van der Waals surface area contributed by atoms with E-state index in [2.05, 4.69) is 16.6 Å². The van der Waals surface area contributed by atoms with E-state index in [4.69, 9.17) is 34.8 Å². The van der Waals surface area contributed by atoms with Crippen molar-refractivity contribution in [2.75, 3.05) is 23.9 Å². The van der Waals surface area contributed by atoms with E-state index < -0.39 is 0 Å². The molecule has 2 nitrogen and oxygen atoms in total. The van der Waals surface area contributed by atoms with Crippen molar-refractivity contribution in [3.8, 4) is 0 Å². The zero-order valence-electron chi connectivity index (χ0n) is 8.19. The third kappa shape index (κ3) is 4.27. The molecule has 0 saturated carbocycles. The van der Waals surface area contributed by atoms with E-state index in [1.54, 1.807) is 17.8 Å². The van der Waals surface area contributed by atoms with E-state index in [0.717, 1.165) is 18.7 Å². The van der Waals surface area contributed by atoms with Crippen molar-refractivity contribution in [3.05, 3.63) is 21.3 Å². The first-order valence-corrected chi connectivity index (χ1v) is 6.92. The van der Waals surface area contributed by atoms with Crippen molar-refractivity contribution < 1.29 is 0 Å². The lowest BCUT2D eigenvalue weighted by Gasteiger charge is -2.07. The van der Waals surface area contributed by atoms with Crippen LogP contribution in [0.25, 0.3) is 0 Å². The molecule has 0 fully saturated rings. The molecule has 0 aliphatic rings. The summed E-state index contributed by atoms with van der Waals surface area (Å²) in [5, 5.41) is 4.25. The summed E-state index contributed by atoms with van der Waals surface area (Å²) in [5.41, 5.74) is 0. The number of anilines is 1. The van der Waals surface area contributed by atoms with Gasteiger partial charge in [0.25, 0.3) is 0 Å². The van der Waals surface area contributed by atoms with Crippen LogP contribution in [-0.4, -0.2) is 23.5 Å². The highest BCUT2D eigenvalue weighted by molar-refractivity contribution is 7.98. The lowest BCUT2D eigenvalue weighted by atomic mass is 10.4. The van der Waals surface area contributed by atoms with Gasteiger partial charge in [-0.3, -0.25) is 0 Å². The molecule has 0 bridgehead atoms. The van der Waals surface area contributed by atoms with E-state index in [-0.39, 0.29) is 5.15 Å². The molecule has 1 aromatic heterocycles. The number of halogens is 3. The van der Waals surface area contributed by atoms with Crippen molar-refractivity contribution in [2.45, 2.75) is 6.42 Å². The smallest absolute Gasteiger partial charge is 0.150 e. The molecule has 0 aromatic carbocycles. The van der Waals surface area contributed by atoms with Crippen molar-refractivity contribution in [1.29, 1.82) is 0 Å². The zero-order valence-corrected chi connectivity index (χ0v) is 11.3. The van der Waals surface area contributed by atoms with Gasteiger partial charge in [-0.25, -0.2) is 4.98 Å². The Morgan fingerprint density at radius 1 is 1.33 bits per heavy atom. The van der Waals surface area contributed by atoms with Crippen LogP contribution in [0.4, 0.5) is 5.82 Å². The molecule has 1 heterocycles. The summed E-state index contributed by atoms with van der Waals surface area (Å²) < 4.78 is 0. The van der Waals surface area contributed by atoms with Gasteiger partial charge in [-0.05, 0) is 24.5 Å². The monoisotopic (exact) mass is 284 g/mol. The Bertz CT molecular complexity index is 333. The second-order valence-electron chi connectivity index (χ2n) is 2.86. The third-order valence-corrected chi connectivity index (χ3v) is 3.36. The molecule has 6 heteroatoms. The molecule has 1 N–H and O–H groups in total. The van der Waals surface area contributed by atoms with Crippen LogP contribution in [0.15, 0.2) is 6.07 Å². The molecule has 0 amide bonds. The van der Waals surface area contributed by atoms with Crippen LogP contribution >= 0.6 is 46.6 Å². The van der Waals surface area contributed by atoms with Crippen molar-refractivity contribution in [3.63, 3.8) is 0 Å². The van der Waals surface area contributed by atoms with Gasteiger partial charge >= 0.3 is 0 Å². The van der Waals surface area contributed by atoms with Gasteiger partial charge in [0, 0.05) is 6.54 Å². The SMILES string of the molecule is CSCCCNc1nc(Cl)c(Cl)cc1Cl. The summed E-state index contributed by atoms with van der Waals surface area (Å²) in [5.74, 6) is 1.69. The summed E-state index contributed by atoms with van der Waals surface area (Å²) in [4.78, 5) is 4.05. The van der Waals surface area contributed by atoms with Gasteiger partial charge in [-0.15, -0.1) is 0 Å². The maximum atomic E-state index is 5.94. The standard InChI is InChI=1S/C9H11Cl3N2S/c1-15-4-2-3-13-9-7(11)5-6(10)8(12)14-9/h5H,2-4H2,1H3,(H,13,14). The van der Waals surface area contributed by atoms with E-state index in [1.807, 2.05) is 0 Å². The molecule has 1 aromatic rings. The lowest BCUT2D eigenvalue weighted by Crippen LogP contribution is -2.05. The first-order valence-electron chi connectivity index (χ1n) is 4.39. The molecular formula is C9H11Cl3N2S. The zero-order chi connectivity index (χ0) is 11.3. The summed E-state index contributed by atoms with van der Waals surface area (Å²) >= 11 is 19.3. The fourth-order valence-corrected chi connectivity index (χ4v) is 1.99. The number of hydrogen-bond donors (Lipinski definition) is 1. The minimum absolute atomic E-state index is 0.272. The fourth-order valence-electron chi connectivity index (χ4n) is 0.991. The molecular weight excluding hydrogens is 275 g/mol. The maximum absolute atomic E-state index is 5.94. The van der Waals surface area contributed by atoms with Crippen LogP contribution in [0.5, 0.6) is 0 Å². The second-order valence-corrected chi connectivity index (χ2v) is 5.02. The number of hydrogen-bond acceptors (Lipinski definition) is 3. The van der Waals surface area contributed by atoms with Crippen LogP contribution in [0.3, 0.4) is 0 Å². The molecule has 0 saturated heterocycles. The van der Waals surface area contributed by atoms with Crippen LogP contribution in [-0.2, 0) is 0 Å². The van der Waals surface area contributed by atoms with Crippen molar-refractivity contribution in [2.24, 2.45) is 0 Å². The largest absolute Gasteiger partial charge is 0.369 e. The highest BCUT2D eigenvalue weighted by Crippen LogP contribution is 2.28. The van der Waals surface area contributed by atoms with Crippen LogP contribution in [0.1, 0.15) is 6.42 Å². The first kappa shape index (κ1) is 13.2.